The number of benzene rings is 1. The van der Waals surface area contributed by atoms with Crippen molar-refractivity contribution in [3.63, 3.8) is 0 Å². The fourth-order valence-corrected chi connectivity index (χ4v) is 4.71. The van der Waals surface area contributed by atoms with Gasteiger partial charge in [0.15, 0.2) is 0 Å². The number of aryl methyl sites for hydroxylation is 2. The summed E-state index contributed by atoms with van der Waals surface area (Å²) in [5, 5.41) is 8.99. The van der Waals surface area contributed by atoms with Crippen LogP contribution in [0.15, 0.2) is 18.2 Å². The Hall–Kier alpha value is -1.51. The maximum Gasteiger partial charge on any atom is 0.303 e. The minimum Gasteiger partial charge on any atom is -0.481 e. The molecule has 1 aliphatic carbocycles. The zero-order valence-corrected chi connectivity index (χ0v) is 15.2. The largest absolute Gasteiger partial charge is 0.481 e. The third-order valence-electron chi connectivity index (χ3n) is 6.35. The van der Waals surface area contributed by atoms with Crippen LogP contribution in [-0.4, -0.2) is 24.2 Å². The molecule has 0 unspecified atom stereocenters. The summed E-state index contributed by atoms with van der Waals surface area (Å²) in [6.45, 7) is 6.71. The van der Waals surface area contributed by atoms with Gasteiger partial charge >= 0.3 is 5.97 Å². The first-order chi connectivity index (χ1) is 11.5. The average molecular weight is 329 g/mol. The van der Waals surface area contributed by atoms with Crippen LogP contribution in [0.3, 0.4) is 0 Å². The van der Waals surface area contributed by atoms with Crippen molar-refractivity contribution in [3.8, 4) is 0 Å². The smallest absolute Gasteiger partial charge is 0.303 e. The van der Waals surface area contributed by atoms with Gasteiger partial charge < -0.3 is 10.0 Å². The van der Waals surface area contributed by atoms with E-state index >= 15 is 0 Å². The Balaban J connectivity index is 1.58. The van der Waals surface area contributed by atoms with Crippen molar-refractivity contribution >= 4 is 11.7 Å². The molecule has 3 rings (SSSR count). The lowest BCUT2D eigenvalue weighted by atomic mass is 9.65. The first kappa shape index (κ1) is 17.3. The number of carboxylic acids is 1. The summed E-state index contributed by atoms with van der Waals surface area (Å²) >= 11 is 0. The number of aliphatic carboxylic acids is 1. The van der Waals surface area contributed by atoms with Gasteiger partial charge in [0.2, 0.25) is 0 Å². The molecule has 2 aliphatic rings. The average Bonchev–Trinajstić information content (AvgIpc) is 2.57. The van der Waals surface area contributed by atoms with Crippen LogP contribution in [0.5, 0.6) is 0 Å². The predicted octanol–water partition coefficient (Wildman–Crippen LogP) is 4.81. The van der Waals surface area contributed by atoms with Crippen LogP contribution >= 0.6 is 0 Å². The van der Waals surface area contributed by atoms with Gasteiger partial charge in [-0.25, -0.2) is 0 Å². The SMILES string of the molecule is CCc1cc(C)cc(N2CCC3(CCC(CC(=O)O)CC3)CC2)c1. The molecule has 0 aromatic heterocycles. The van der Waals surface area contributed by atoms with Gasteiger partial charge in [-0.15, -0.1) is 0 Å². The van der Waals surface area contributed by atoms with Crippen LogP contribution in [0.25, 0.3) is 0 Å². The summed E-state index contributed by atoms with van der Waals surface area (Å²) in [5.41, 5.74) is 4.67. The Morgan fingerprint density at radius 2 is 1.83 bits per heavy atom. The molecule has 1 aromatic rings. The van der Waals surface area contributed by atoms with E-state index in [-0.39, 0.29) is 0 Å². The summed E-state index contributed by atoms with van der Waals surface area (Å²) in [4.78, 5) is 13.5. The molecule has 24 heavy (non-hydrogen) atoms. The molecule has 1 saturated heterocycles. The van der Waals surface area contributed by atoms with Gasteiger partial charge in [-0.3, -0.25) is 4.79 Å². The van der Waals surface area contributed by atoms with E-state index < -0.39 is 5.97 Å². The monoisotopic (exact) mass is 329 g/mol. The number of anilines is 1. The Morgan fingerprint density at radius 3 is 2.42 bits per heavy atom. The van der Waals surface area contributed by atoms with Crippen molar-refractivity contribution in [1.82, 2.24) is 0 Å². The molecule has 0 amide bonds. The number of rotatable bonds is 4. The van der Waals surface area contributed by atoms with Gasteiger partial charge in [0.1, 0.15) is 0 Å². The van der Waals surface area contributed by atoms with E-state index in [1.54, 1.807) is 0 Å². The molecule has 1 N–H and O–H groups in total. The van der Waals surface area contributed by atoms with E-state index in [0.717, 1.165) is 32.4 Å². The Kier molecular flexibility index (Phi) is 5.17. The van der Waals surface area contributed by atoms with Crippen LogP contribution in [0.1, 0.15) is 63.0 Å². The fourth-order valence-electron chi connectivity index (χ4n) is 4.71. The third kappa shape index (κ3) is 3.93. The topological polar surface area (TPSA) is 40.5 Å². The highest BCUT2D eigenvalue weighted by Crippen LogP contribution is 2.47. The van der Waals surface area contributed by atoms with Gasteiger partial charge in [-0.2, -0.15) is 0 Å². The van der Waals surface area contributed by atoms with Crippen molar-refractivity contribution < 1.29 is 9.90 Å². The van der Waals surface area contributed by atoms with Crippen LogP contribution < -0.4 is 4.90 Å². The van der Waals surface area contributed by atoms with Gasteiger partial charge in [0, 0.05) is 25.2 Å². The van der Waals surface area contributed by atoms with E-state index in [1.807, 2.05) is 0 Å². The highest BCUT2D eigenvalue weighted by Gasteiger charge is 2.38. The number of hydrogen-bond donors (Lipinski definition) is 1. The number of piperidine rings is 1. The minimum atomic E-state index is -0.628. The normalized spacial score (nSPS) is 21.2. The lowest BCUT2D eigenvalue weighted by Gasteiger charge is -2.46. The molecule has 1 saturated carbocycles. The van der Waals surface area contributed by atoms with Crippen LogP contribution in [0.2, 0.25) is 0 Å². The number of carbonyl (C=O) groups is 1. The molecule has 132 valence electrons. The Labute approximate surface area is 146 Å². The van der Waals surface area contributed by atoms with Crippen LogP contribution in [0, 0.1) is 18.3 Å². The molecule has 1 aliphatic heterocycles. The van der Waals surface area contributed by atoms with Crippen molar-refractivity contribution in [2.24, 2.45) is 11.3 Å². The zero-order chi connectivity index (χ0) is 17.2. The molecule has 0 radical (unpaired) electrons. The molecule has 0 atom stereocenters. The summed E-state index contributed by atoms with van der Waals surface area (Å²) in [5.74, 6) is -0.216. The summed E-state index contributed by atoms with van der Waals surface area (Å²) < 4.78 is 0. The minimum absolute atomic E-state index is 0.366. The molecule has 1 heterocycles. The van der Waals surface area contributed by atoms with Gasteiger partial charge in [-0.1, -0.05) is 13.0 Å². The molecular formula is C21H31NO2. The zero-order valence-electron chi connectivity index (χ0n) is 15.2. The maximum absolute atomic E-state index is 10.9. The van der Waals surface area contributed by atoms with Crippen molar-refractivity contribution in [3.05, 3.63) is 29.3 Å². The summed E-state index contributed by atoms with van der Waals surface area (Å²) in [6, 6.07) is 6.97. The van der Waals surface area contributed by atoms with E-state index in [0.29, 0.717) is 17.8 Å². The lowest BCUT2D eigenvalue weighted by molar-refractivity contribution is -0.138. The Bertz CT molecular complexity index is 578. The van der Waals surface area contributed by atoms with Gasteiger partial charge in [0.25, 0.3) is 0 Å². The molecule has 1 aromatic carbocycles. The first-order valence-electron chi connectivity index (χ1n) is 9.57. The third-order valence-corrected chi connectivity index (χ3v) is 6.35. The number of hydrogen-bond acceptors (Lipinski definition) is 2. The summed E-state index contributed by atoms with van der Waals surface area (Å²) in [7, 11) is 0. The second kappa shape index (κ2) is 7.16. The highest BCUT2D eigenvalue weighted by molar-refractivity contribution is 5.67. The van der Waals surface area contributed by atoms with Crippen molar-refractivity contribution in [1.29, 1.82) is 0 Å². The summed E-state index contributed by atoms with van der Waals surface area (Å²) in [6.07, 6.45) is 8.67. The second-order valence-corrected chi connectivity index (χ2v) is 8.06. The van der Waals surface area contributed by atoms with E-state index in [2.05, 4.69) is 36.9 Å². The maximum atomic E-state index is 10.9. The standard InChI is InChI=1S/C21H31NO2/c1-3-17-12-16(2)13-19(14-17)22-10-8-21(9-11-22)6-4-18(5-7-21)15-20(23)24/h12-14,18H,3-11,15H2,1-2H3,(H,23,24). The fraction of sp³-hybridized carbons (Fsp3) is 0.667. The Morgan fingerprint density at radius 1 is 1.17 bits per heavy atom. The number of carboxylic acid groups (broad SMARTS) is 1. The lowest BCUT2D eigenvalue weighted by Crippen LogP contribution is -2.42. The predicted molar refractivity (Wildman–Crippen MR) is 98.6 cm³/mol. The van der Waals surface area contributed by atoms with Gasteiger partial charge in [-0.05, 0) is 86.5 Å². The molecule has 0 bridgehead atoms. The van der Waals surface area contributed by atoms with Crippen LogP contribution in [-0.2, 0) is 11.2 Å². The van der Waals surface area contributed by atoms with Crippen molar-refractivity contribution in [2.75, 3.05) is 18.0 Å². The second-order valence-electron chi connectivity index (χ2n) is 8.06. The highest BCUT2D eigenvalue weighted by atomic mass is 16.4. The first-order valence-corrected chi connectivity index (χ1v) is 9.57. The van der Waals surface area contributed by atoms with E-state index in [1.165, 1.54) is 42.5 Å². The van der Waals surface area contributed by atoms with Crippen LogP contribution in [0.4, 0.5) is 5.69 Å². The van der Waals surface area contributed by atoms with E-state index in [4.69, 9.17) is 5.11 Å². The molecule has 2 fully saturated rings. The quantitative estimate of drug-likeness (QED) is 0.862. The molecule has 1 spiro atoms. The molecular weight excluding hydrogens is 298 g/mol. The van der Waals surface area contributed by atoms with Gasteiger partial charge in [0.05, 0.1) is 0 Å². The molecule has 3 nitrogen and oxygen atoms in total. The number of nitrogens with zero attached hydrogens (tertiary/aromatic N) is 1. The van der Waals surface area contributed by atoms with E-state index in [9.17, 15) is 4.79 Å². The molecule has 3 heteroatoms. The van der Waals surface area contributed by atoms with Crippen molar-refractivity contribution in [2.45, 2.75) is 65.2 Å².